The highest BCUT2D eigenvalue weighted by molar-refractivity contribution is 7.10. The quantitative estimate of drug-likeness (QED) is 0.878. The molecular weight excluding hydrogens is 323 g/mol. The fourth-order valence-electron chi connectivity index (χ4n) is 2.41. The van der Waals surface area contributed by atoms with Gasteiger partial charge in [0.15, 0.2) is 0 Å². The first-order valence-corrected chi connectivity index (χ1v) is 7.62. The summed E-state index contributed by atoms with van der Waals surface area (Å²) in [6.45, 7) is 9.03. The van der Waals surface area contributed by atoms with Gasteiger partial charge < -0.3 is 5.32 Å². The molecule has 112 valence electrons. The van der Waals surface area contributed by atoms with E-state index in [2.05, 4.69) is 29.4 Å². The molecule has 6 heteroatoms. The third kappa shape index (κ3) is 5.41. The highest BCUT2D eigenvalue weighted by Gasteiger charge is 2.25. The van der Waals surface area contributed by atoms with E-state index < -0.39 is 0 Å². The van der Waals surface area contributed by atoms with Gasteiger partial charge in [-0.2, -0.15) is 0 Å². The molecule has 0 aliphatic carbocycles. The molecule has 19 heavy (non-hydrogen) atoms. The van der Waals surface area contributed by atoms with E-state index in [-0.39, 0.29) is 24.8 Å². The van der Waals surface area contributed by atoms with Crippen molar-refractivity contribution in [1.29, 1.82) is 0 Å². The molecule has 1 atom stereocenters. The monoisotopic (exact) mass is 344 g/mol. The topological polar surface area (TPSA) is 15.3 Å². The Kier molecular flexibility index (Phi) is 9.67. The maximum atomic E-state index is 6.31. The minimum absolute atomic E-state index is 0. The third-order valence-corrected chi connectivity index (χ3v) is 4.69. The second kappa shape index (κ2) is 9.43. The van der Waals surface area contributed by atoms with Crippen LogP contribution in [-0.4, -0.2) is 31.1 Å². The predicted molar refractivity (Wildman–Crippen MR) is 90.5 cm³/mol. The fraction of sp³-hybridized carbons (Fsp3) is 0.692. The number of hydrogen-bond acceptors (Lipinski definition) is 3. The molecule has 1 N–H and O–H groups in total. The van der Waals surface area contributed by atoms with Gasteiger partial charge in [0.2, 0.25) is 0 Å². The van der Waals surface area contributed by atoms with Crippen LogP contribution in [0.5, 0.6) is 0 Å². The Labute approximate surface area is 137 Å². The smallest absolute Gasteiger partial charge is 0.0561 e. The Morgan fingerprint density at radius 3 is 2.42 bits per heavy atom. The normalized spacial score (nSPS) is 17.7. The van der Waals surface area contributed by atoms with E-state index in [0.29, 0.717) is 12.0 Å². The van der Waals surface area contributed by atoms with Crippen LogP contribution in [0.2, 0.25) is 5.02 Å². The minimum Gasteiger partial charge on any atom is -0.314 e. The lowest BCUT2D eigenvalue weighted by molar-refractivity contribution is 0.156. The van der Waals surface area contributed by atoms with Gasteiger partial charge in [0.25, 0.3) is 0 Å². The molecule has 2 heterocycles. The molecule has 1 aromatic rings. The maximum absolute atomic E-state index is 6.31. The highest BCUT2D eigenvalue weighted by atomic mass is 35.5. The summed E-state index contributed by atoms with van der Waals surface area (Å²) >= 11 is 8.10. The average Bonchev–Trinajstić information content (AvgIpc) is 2.73. The molecule has 0 bridgehead atoms. The highest BCUT2D eigenvalue weighted by Crippen LogP contribution is 2.36. The standard InChI is InChI=1S/C13H21ClN2S.2ClH/c1-10(2)9-12(13-11(14)3-8-17-13)16-6-4-15-5-7-16;;/h3,8,10,12,15H,4-7,9H2,1-2H3;2*1H/t12-;;/m1../s1. The Morgan fingerprint density at radius 1 is 1.32 bits per heavy atom. The summed E-state index contributed by atoms with van der Waals surface area (Å²) in [6, 6.07) is 2.53. The first-order valence-electron chi connectivity index (χ1n) is 6.36. The van der Waals surface area contributed by atoms with Gasteiger partial charge in [0.1, 0.15) is 0 Å². The molecule has 1 fully saturated rings. The van der Waals surface area contributed by atoms with Crippen LogP contribution in [0.1, 0.15) is 31.2 Å². The molecule has 1 aliphatic heterocycles. The van der Waals surface area contributed by atoms with E-state index in [9.17, 15) is 0 Å². The first kappa shape index (κ1) is 19.5. The molecular formula is C13H23Cl3N2S. The van der Waals surface area contributed by atoms with Crippen molar-refractivity contribution in [1.82, 2.24) is 10.2 Å². The molecule has 0 aromatic carbocycles. The van der Waals surface area contributed by atoms with Crippen LogP contribution in [0.4, 0.5) is 0 Å². The minimum atomic E-state index is 0. The molecule has 1 aromatic heterocycles. The molecule has 0 radical (unpaired) electrons. The van der Waals surface area contributed by atoms with Crippen LogP contribution >= 0.6 is 47.8 Å². The van der Waals surface area contributed by atoms with Gasteiger partial charge in [0, 0.05) is 37.1 Å². The molecule has 2 rings (SSSR count). The zero-order chi connectivity index (χ0) is 12.3. The summed E-state index contributed by atoms with van der Waals surface area (Å²) < 4.78 is 0. The molecule has 1 saturated heterocycles. The number of piperazine rings is 1. The van der Waals surface area contributed by atoms with Crippen LogP contribution in [0.3, 0.4) is 0 Å². The largest absolute Gasteiger partial charge is 0.314 e. The second-order valence-electron chi connectivity index (χ2n) is 5.06. The summed E-state index contributed by atoms with van der Waals surface area (Å²) in [4.78, 5) is 3.93. The number of halogens is 3. The van der Waals surface area contributed by atoms with E-state index in [0.717, 1.165) is 31.2 Å². The molecule has 0 unspecified atom stereocenters. The Hall–Kier alpha value is 0.490. The summed E-state index contributed by atoms with van der Waals surface area (Å²) in [5.41, 5.74) is 0. The first-order chi connectivity index (χ1) is 8.18. The van der Waals surface area contributed by atoms with Crippen molar-refractivity contribution in [2.24, 2.45) is 5.92 Å². The van der Waals surface area contributed by atoms with Crippen molar-refractivity contribution >= 4 is 47.8 Å². The Morgan fingerprint density at radius 2 is 1.95 bits per heavy atom. The lowest BCUT2D eigenvalue weighted by atomic mass is 10.0. The zero-order valence-electron chi connectivity index (χ0n) is 11.4. The number of thiophene rings is 1. The molecule has 0 spiro atoms. The van der Waals surface area contributed by atoms with Crippen molar-refractivity contribution < 1.29 is 0 Å². The van der Waals surface area contributed by atoms with E-state index >= 15 is 0 Å². The zero-order valence-corrected chi connectivity index (χ0v) is 14.6. The van der Waals surface area contributed by atoms with Crippen LogP contribution in [0.25, 0.3) is 0 Å². The van der Waals surface area contributed by atoms with Gasteiger partial charge in [-0.1, -0.05) is 25.4 Å². The summed E-state index contributed by atoms with van der Waals surface area (Å²) in [5, 5.41) is 6.46. The van der Waals surface area contributed by atoms with E-state index in [1.807, 2.05) is 6.07 Å². The van der Waals surface area contributed by atoms with Crippen molar-refractivity contribution in [3.63, 3.8) is 0 Å². The van der Waals surface area contributed by atoms with Crippen LogP contribution in [0, 0.1) is 5.92 Å². The molecule has 0 saturated carbocycles. The third-order valence-electron chi connectivity index (χ3n) is 3.23. The van der Waals surface area contributed by atoms with Gasteiger partial charge in [-0.05, 0) is 23.8 Å². The Bertz CT molecular complexity index is 351. The predicted octanol–water partition coefficient (Wildman–Crippen LogP) is 4.24. The maximum Gasteiger partial charge on any atom is 0.0561 e. The molecule has 2 nitrogen and oxygen atoms in total. The summed E-state index contributed by atoms with van der Waals surface area (Å²) in [5.74, 6) is 0.702. The van der Waals surface area contributed by atoms with Gasteiger partial charge in [-0.15, -0.1) is 36.2 Å². The summed E-state index contributed by atoms with van der Waals surface area (Å²) in [7, 11) is 0. The molecule has 0 amide bonds. The van der Waals surface area contributed by atoms with E-state index in [1.165, 1.54) is 11.3 Å². The lowest BCUT2D eigenvalue weighted by Gasteiger charge is -2.35. The average molecular weight is 346 g/mol. The van der Waals surface area contributed by atoms with Gasteiger partial charge >= 0.3 is 0 Å². The van der Waals surface area contributed by atoms with Gasteiger partial charge in [0.05, 0.1) is 5.02 Å². The van der Waals surface area contributed by atoms with Crippen molar-refractivity contribution in [3.8, 4) is 0 Å². The SMILES string of the molecule is CC(C)C[C@H](c1sccc1Cl)N1CCNCC1.Cl.Cl. The Balaban J connectivity index is 0.00000162. The fourth-order valence-corrected chi connectivity index (χ4v) is 3.74. The number of rotatable bonds is 4. The second-order valence-corrected chi connectivity index (χ2v) is 6.42. The van der Waals surface area contributed by atoms with Gasteiger partial charge in [-0.25, -0.2) is 0 Å². The van der Waals surface area contributed by atoms with Crippen LogP contribution < -0.4 is 5.32 Å². The number of hydrogen-bond donors (Lipinski definition) is 1. The van der Waals surface area contributed by atoms with Crippen molar-refractivity contribution in [2.45, 2.75) is 26.3 Å². The molecule has 1 aliphatic rings. The number of nitrogens with zero attached hydrogens (tertiary/aromatic N) is 1. The van der Waals surface area contributed by atoms with Crippen LogP contribution in [0.15, 0.2) is 11.4 Å². The summed E-state index contributed by atoms with van der Waals surface area (Å²) in [6.07, 6.45) is 1.19. The lowest BCUT2D eigenvalue weighted by Crippen LogP contribution is -2.45. The van der Waals surface area contributed by atoms with Gasteiger partial charge in [-0.3, -0.25) is 4.90 Å². The van der Waals surface area contributed by atoms with Crippen molar-refractivity contribution in [3.05, 3.63) is 21.3 Å². The van der Waals surface area contributed by atoms with Crippen molar-refractivity contribution in [2.75, 3.05) is 26.2 Å². The van der Waals surface area contributed by atoms with Crippen LogP contribution in [-0.2, 0) is 0 Å². The van der Waals surface area contributed by atoms with E-state index in [4.69, 9.17) is 11.6 Å². The van der Waals surface area contributed by atoms with E-state index in [1.54, 1.807) is 11.3 Å². The number of nitrogens with one attached hydrogen (secondary N) is 1.